The first kappa shape index (κ1) is 13.6. The Morgan fingerprint density at radius 1 is 1.05 bits per heavy atom. The molecule has 1 aliphatic rings. The first-order valence-corrected chi connectivity index (χ1v) is 7.16. The predicted molar refractivity (Wildman–Crippen MR) is 86.4 cm³/mol. The van der Waals surface area contributed by atoms with E-state index in [1.165, 1.54) is 0 Å². The second-order valence-electron chi connectivity index (χ2n) is 5.59. The first-order valence-electron chi connectivity index (χ1n) is 7.16. The third-order valence-electron chi connectivity index (χ3n) is 3.60. The largest absolute Gasteiger partial charge is 0.304 e. The SMILES string of the molecule is Cc1cccc(N=C2C(=O)N(C(C)C)c3ccccc32)c1. The summed E-state index contributed by atoms with van der Waals surface area (Å²) in [6.45, 7) is 6.06. The molecule has 0 unspecified atom stereocenters. The average Bonchev–Trinajstić information content (AvgIpc) is 2.72. The van der Waals surface area contributed by atoms with Gasteiger partial charge in [-0.25, -0.2) is 4.99 Å². The van der Waals surface area contributed by atoms with Crippen LogP contribution in [0.15, 0.2) is 53.5 Å². The van der Waals surface area contributed by atoms with E-state index in [0.717, 1.165) is 22.5 Å². The molecule has 3 nitrogen and oxygen atoms in total. The van der Waals surface area contributed by atoms with Crippen molar-refractivity contribution in [2.45, 2.75) is 26.8 Å². The molecule has 1 heterocycles. The van der Waals surface area contributed by atoms with E-state index in [1.54, 1.807) is 0 Å². The van der Waals surface area contributed by atoms with Crippen molar-refractivity contribution >= 4 is 23.0 Å². The first-order chi connectivity index (χ1) is 10.1. The molecule has 0 spiro atoms. The fraction of sp³-hybridized carbons (Fsp3) is 0.222. The van der Waals surface area contributed by atoms with Gasteiger partial charge in [0.15, 0.2) is 0 Å². The normalized spacial score (nSPS) is 15.9. The van der Waals surface area contributed by atoms with Gasteiger partial charge in [0.25, 0.3) is 5.91 Å². The van der Waals surface area contributed by atoms with Crippen LogP contribution < -0.4 is 4.90 Å². The van der Waals surface area contributed by atoms with Crippen molar-refractivity contribution in [3.8, 4) is 0 Å². The van der Waals surface area contributed by atoms with Crippen molar-refractivity contribution in [2.24, 2.45) is 4.99 Å². The maximum absolute atomic E-state index is 12.7. The Morgan fingerprint density at radius 3 is 2.52 bits per heavy atom. The Bertz CT molecular complexity index is 732. The number of anilines is 1. The molecule has 0 radical (unpaired) electrons. The van der Waals surface area contributed by atoms with E-state index in [2.05, 4.69) is 4.99 Å². The summed E-state index contributed by atoms with van der Waals surface area (Å²) in [5, 5.41) is 0. The summed E-state index contributed by atoms with van der Waals surface area (Å²) in [5.41, 5.74) is 4.35. The topological polar surface area (TPSA) is 32.7 Å². The van der Waals surface area contributed by atoms with Crippen molar-refractivity contribution in [2.75, 3.05) is 4.90 Å². The number of amides is 1. The standard InChI is InChI=1S/C18H18N2O/c1-12(2)20-16-10-5-4-9-15(16)17(18(20)21)19-14-8-6-7-13(3)11-14/h4-12H,1-3H3. The third kappa shape index (κ3) is 2.35. The molecule has 1 aliphatic heterocycles. The molecule has 3 heteroatoms. The molecule has 3 rings (SSSR count). The number of aliphatic imine (C=N–C) groups is 1. The zero-order valence-corrected chi connectivity index (χ0v) is 12.5. The fourth-order valence-corrected chi connectivity index (χ4v) is 2.67. The van der Waals surface area contributed by atoms with Gasteiger partial charge in [0.2, 0.25) is 0 Å². The van der Waals surface area contributed by atoms with E-state index >= 15 is 0 Å². The van der Waals surface area contributed by atoms with Crippen LogP contribution in [-0.4, -0.2) is 17.7 Å². The number of nitrogens with zero attached hydrogens (tertiary/aromatic N) is 2. The van der Waals surface area contributed by atoms with E-state index < -0.39 is 0 Å². The molecule has 0 bridgehead atoms. The van der Waals surface area contributed by atoms with Gasteiger partial charge in [-0.2, -0.15) is 0 Å². The molecular weight excluding hydrogens is 260 g/mol. The number of carbonyl (C=O) groups excluding carboxylic acids is 1. The lowest BCUT2D eigenvalue weighted by atomic mass is 10.1. The van der Waals surface area contributed by atoms with Crippen LogP contribution in [0.25, 0.3) is 0 Å². The Hall–Kier alpha value is -2.42. The number of carbonyl (C=O) groups is 1. The Kier molecular flexibility index (Phi) is 3.34. The lowest BCUT2D eigenvalue weighted by Crippen LogP contribution is -2.35. The lowest BCUT2D eigenvalue weighted by Gasteiger charge is -2.20. The highest BCUT2D eigenvalue weighted by molar-refractivity contribution is 6.54. The van der Waals surface area contributed by atoms with E-state index in [-0.39, 0.29) is 11.9 Å². The van der Waals surface area contributed by atoms with Crippen LogP contribution in [0.5, 0.6) is 0 Å². The summed E-state index contributed by atoms with van der Waals surface area (Å²) in [6, 6.07) is 15.8. The van der Waals surface area contributed by atoms with Gasteiger partial charge < -0.3 is 4.90 Å². The number of fused-ring (bicyclic) bond motifs is 1. The van der Waals surface area contributed by atoms with Crippen LogP contribution in [0, 0.1) is 6.92 Å². The molecule has 2 aromatic rings. The van der Waals surface area contributed by atoms with Crippen LogP contribution in [0.2, 0.25) is 0 Å². The molecule has 1 amide bonds. The smallest absolute Gasteiger partial charge is 0.277 e. The summed E-state index contributed by atoms with van der Waals surface area (Å²) in [7, 11) is 0. The van der Waals surface area contributed by atoms with Crippen molar-refractivity contribution in [1.82, 2.24) is 0 Å². The van der Waals surface area contributed by atoms with Crippen LogP contribution in [-0.2, 0) is 4.79 Å². The zero-order chi connectivity index (χ0) is 15.0. The number of aryl methyl sites for hydroxylation is 1. The summed E-state index contributed by atoms with van der Waals surface area (Å²) in [5.74, 6) is -0.0206. The maximum Gasteiger partial charge on any atom is 0.277 e. The molecule has 21 heavy (non-hydrogen) atoms. The zero-order valence-electron chi connectivity index (χ0n) is 12.5. The van der Waals surface area contributed by atoms with Gasteiger partial charge in [-0.05, 0) is 44.5 Å². The van der Waals surface area contributed by atoms with E-state index in [4.69, 9.17) is 0 Å². The number of benzene rings is 2. The Balaban J connectivity index is 2.13. The summed E-state index contributed by atoms with van der Waals surface area (Å²) >= 11 is 0. The highest BCUT2D eigenvalue weighted by atomic mass is 16.2. The molecule has 0 N–H and O–H groups in total. The Labute approximate surface area is 124 Å². The highest BCUT2D eigenvalue weighted by Gasteiger charge is 2.35. The predicted octanol–water partition coefficient (Wildman–Crippen LogP) is 3.87. The van der Waals surface area contributed by atoms with Gasteiger partial charge in [0.1, 0.15) is 5.71 Å². The quantitative estimate of drug-likeness (QED) is 0.820. The van der Waals surface area contributed by atoms with Crippen LogP contribution in [0.3, 0.4) is 0 Å². The summed E-state index contributed by atoms with van der Waals surface area (Å²) in [6.07, 6.45) is 0. The van der Waals surface area contributed by atoms with Crippen LogP contribution in [0.4, 0.5) is 11.4 Å². The van der Waals surface area contributed by atoms with Crippen LogP contribution in [0.1, 0.15) is 25.0 Å². The van der Waals surface area contributed by atoms with Gasteiger partial charge in [-0.3, -0.25) is 4.79 Å². The van der Waals surface area contributed by atoms with Gasteiger partial charge in [-0.1, -0.05) is 30.3 Å². The van der Waals surface area contributed by atoms with Gasteiger partial charge >= 0.3 is 0 Å². The molecule has 0 saturated carbocycles. The summed E-state index contributed by atoms with van der Waals surface area (Å²) < 4.78 is 0. The minimum atomic E-state index is -0.0206. The molecule has 0 saturated heterocycles. The van der Waals surface area contributed by atoms with Gasteiger partial charge in [0, 0.05) is 11.6 Å². The molecule has 0 fully saturated rings. The van der Waals surface area contributed by atoms with Gasteiger partial charge in [0.05, 0.1) is 11.4 Å². The maximum atomic E-state index is 12.7. The van der Waals surface area contributed by atoms with Gasteiger partial charge in [-0.15, -0.1) is 0 Å². The van der Waals surface area contributed by atoms with E-state index in [9.17, 15) is 4.79 Å². The number of hydrogen-bond acceptors (Lipinski definition) is 2. The van der Waals surface area contributed by atoms with E-state index in [0.29, 0.717) is 5.71 Å². The molecular formula is C18H18N2O. The van der Waals surface area contributed by atoms with E-state index in [1.807, 2.05) is 74.2 Å². The number of hydrogen-bond donors (Lipinski definition) is 0. The lowest BCUT2D eigenvalue weighted by molar-refractivity contribution is -0.112. The molecule has 0 aromatic heterocycles. The third-order valence-corrected chi connectivity index (χ3v) is 3.60. The second-order valence-corrected chi connectivity index (χ2v) is 5.59. The second kappa shape index (κ2) is 5.17. The molecule has 0 atom stereocenters. The fourth-order valence-electron chi connectivity index (χ4n) is 2.67. The minimum absolute atomic E-state index is 0.0206. The number of rotatable bonds is 2. The minimum Gasteiger partial charge on any atom is -0.304 e. The highest BCUT2D eigenvalue weighted by Crippen LogP contribution is 2.32. The number of para-hydroxylation sites is 1. The van der Waals surface area contributed by atoms with Crippen molar-refractivity contribution in [3.63, 3.8) is 0 Å². The average molecular weight is 278 g/mol. The van der Waals surface area contributed by atoms with Crippen molar-refractivity contribution in [3.05, 3.63) is 59.7 Å². The Morgan fingerprint density at radius 2 is 1.81 bits per heavy atom. The summed E-state index contributed by atoms with van der Waals surface area (Å²) in [4.78, 5) is 19.1. The molecule has 0 aliphatic carbocycles. The monoisotopic (exact) mass is 278 g/mol. The van der Waals surface area contributed by atoms with Crippen molar-refractivity contribution in [1.29, 1.82) is 0 Å². The van der Waals surface area contributed by atoms with Crippen molar-refractivity contribution < 1.29 is 4.79 Å². The molecule has 2 aromatic carbocycles. The van der Waals surface area contributed by atoms with Crippen LogP contribution >= 0.6 is 0 Å². The molecule has 106 valence electrons.